The quantitative estimate of drug-likeness (QED) is 0.743. The van der Waals surface area contributed by atoms with E-state index in [4.69, 9.17) is 9.84 Å². The van der Waals surface area contributed by atoms with Crippen molar-refractivity contribution >= 4 is 0 Å². The van der Waals surface area contributed by atoms with Gasteiger partial charge in [0.1, 0.15) is 0 Å². The van der Waals surface area contributed by atoms with Gasteiger partial charge in [0.05, 0.1) is 0 Å². The van der Waals surface area contributed by atoms with Crippen LogP contribution in [0.5, 0.6) is 0 Å². The SMILES string of the molecule is CN(C1CCOCC1)C(C)(C)CCO. The normalized spacial score (nSPS) is 20.4. The average molecular weight is 201 g/mol. The molecule has 84 valence electrons. The molecular weight excluding hydrogens is 178 g/mol. The molecule has 0 atom stereocenters. The van der Waals surface area contributed by atoms with E-state index >= 15 is 0 Å². The third kappa shape index (κ3) is 2.94. The van der Waals surface area contributed by atoms with Gasteiger partial charge in [0.15, 0.2) is 0 Å². The largest absolute Gasteiger partial charge is 0.396 e. The molecule has 1 saturated heterocycles. The molecular formula is C11H23NO2. The second kappa shape index (κ2) is 5.10. The van der Waals surface area contributed by atoms with Crippen LogP contribution in [0.15, 0.2) is 0 Å². The van der Waals surface area contributed by atoms with Gasteiger partial charge in [-0.05, 0) is 40.2 Å². The molecule has 0 radical (unpaired) electrons. The van der Waals surface area contributed by atoms with Crippen LogP contribution in [-0.2, 0) is 4.74 Å². The molecule has 0 aromatic heterocycles. The Morgan fingerprint density at radius 1 is 1.36 bits per heavy atom. The van der Waals surface area contributed by atoms with Crippen LogP contribution in [0, 0.1) is 0 Å². The van der Waals surface area contributed by atoms with Crippen molar-refractivity contribution in [1.82, 2.24) is 4.90 Å². The molecule has 1 rings (SSSR count). The number of hydrogen-bond donors (Lipinski definition) is 1. The molecule has 0 amide bonds. The highest BCUT2D eigenvalue weighted by Crippen LogP contribution is 2.24. The predicted octanol–water partition coefficient (Wildman–Crippen LogP) is 1.26. The Hall–Kier alpha value is -0.120. The summed E-state index contributed by atoms with van der Waals surface area (Å²) in [4.78, 5) is 2.39. The van der Waals surface area contributed by atoms with Gasteiger partial charge in [-0.25, -0.2) is 0 Å². The summed E-state index contributed by atoms with van der Waals surface area (Å²) in [6.07, 6.45) is 3.07. The fourth-order valence-corrected chi connectivity index (χ4v) is 2.02. The molecule has 0 spiro atoms. The van der Waals surface area contributed by atoms with Crippen LogP contribution in [0.3, 0.4) is 0 Å². The third-order valence-electron chi connectivity index (χ3n) is 3.42. The Balaban J connectivity index is 2.48. The Bertz CT molecular complexity index is 165. The van der Waals surface area contributed by atoms with Gasteiger partial charge < -0.3 is 9.84 Å². The fraction of sp³-hybridized carbons (Fsp3) is 1.00. The zero-order valence-corrected chi connectivity index (χ0v) is 9.62. The van der Waals surface area contributed by atoms with Crippen LogP contribution >= 0.6 is 0 Å². The molecule has 1 heterocycles. The number of nitrogens with zero attached hydrogens (tertiary/aromatic N) is 1. The van der Waals surface area contributed by atoms with Gasteiger partial charge in [-0.15, -0.1) is 0 Å². The predicted molar refractivity (Wildman–Crippen MR) is 57.4 cm³/mol. The van der Waals surface area contributed by atoms with E-state index < -0.39 is 0 Å². The molecule has 0 aromatic carbocycles. The molecule has 0 saturated carbocycles. The minimum absolute atomic E-state index is 0.0940. The lowest BCUT2D eigenvalue weighted by Gasteiger charge is -2.42. The van der Waals surface area contributed by atoms with Gasteiger partial charge in [0.25, 0.3) is 0 Å². The van der Waals surface area contributed by atoms with Crippen LogP contribution in [0.4, 0.5) is 0 Å². The number of ether oxygens (including phenoxy) is 1. The van der Waals surface area contributed by atoms with Crippen molar-refractivity contribution in [2.45, 2.75) is 44.7 Å². The van der Waals surface area contributed by atoms with E-state index in [0.717, 1.165) is 32.5 Å². The van der Waals surface area contributed by atoms with E-state index in [0.29, 0.717) is 6.04 Å². The summed E-state index contributed by atoms with van der Waals surface area (Å²) in [5, 5.41) is 9.00. The molecule has 1 aliphatic rings. The van der Waals surface area contributed by atoms with Crippen LogP contribution in [0.2, 0.25) is 0 Å². The summed E-state index contributed by atoms with van der Waals surface area (Å²) in [6.45, 7) is 6.41. The Kier molecular flexibility index (Phi) is 4.35. The maximum absolute atomic E-state index is 9.00. The van der Waals surface area contributed by atoms with Crippen molar-refractivity contribution in [3.05, 3.63) is 0 Å². The number of rotatable bonds is 4. The van der Waals surface area contributed by atoms with Gasteiger partial charge in [-0.3, -0.25) is 4.90 Å². The van der Waals surface area contributed by atoms with E-state index in [9.17, 15) is 0 Å². The Morgan fingerprint density at radius 3 is 2.43 bits per heavy atom. The van der Waals surface area contributed by atoms with E-state index in [1.807, 2.05) is 0 Å². The van der Waals surface area contributed by atoms with Crippen molar-refractivity contribution in [2.75, 3.05) is 26.9 Å². The van der Waals surface area contributed by atoms with Crippen molar-refractivity contribution in [3.63, 3.8) is 0 Å². The topological polar surface area (TPSA) is 32.7 Å². The van der Waals surface area contributed by atoms with Crippen molar-refractivity contribution in [1.29, 1.82) is 0 Å². The summed E-state index contributed by atoms with van der Waals surface area (Å²) in [5.41, 5.74) is 0.0940. The van der Waals surface area contributed by atoms with Gasteiger partial charge in [0, 0.05) is 31.4 Å². The summed E-state index contributed by atoms with van der Waals surface area (Å²) in [6, 6.07) is 0.616. The van der Waals surface area contributed by atoms with Gasteiger partial charge in [-0.2, -0.15) is 0 Å². The van der Waals surface area contributed by atoms with Crippen molar-refractivity contribution in [3.8, 4) is 0 Å². The maximum Gasteiger partial charge on any atom is 0.0480 e. The van der Waals surface area contributed by atoms with Gasteiger partial charge in [-0.1, -0.05) is 0 Å². The molecule has 0 bridgehead atoms. The summed E-state index contributed by atoms with van der Waals surface area (Å²) >= 11 is 0. The minimum Gasteiger partial charge on any atom is -0.396 e. The van der Waals surface area contributed by atoms with E-state index in [-0.39, 0.29) is 12.1 Å². The summed E-state index contributed by atoms with van der Waals surface area (Å²) in [5.74, 6) is 0. The minimum atomic E-state index is 0.0940. The zero-order valence-electron chi connectivity index (χ0n) is 9.62. The first-order chi connectivity index (χ1) is 6.58. The molecule has 3 nitrogen and oxygen atoms in total. The number of hydrogen-bond acceptors (Lipinski definition) is 3. The highest BCUT2D eigenvalue weighted by Gasteiger charge is 2.29. The molecule has 0 aromatic rings. The van der Waals surface area contributed by atoms with Crippen LogP contribution < -0.4 is 0 Å². The molecule has 1 N–H and O–H groups in total. The lowest BCUT2D eigenvalue weighted by Crippen LogP contribution is -2.49. The fourth-order valence-electron chi connectivity index (χ4n) is 2.02. The second-order valence-electron chi connectivity index (χ2n) is 4.74. The van der Waals surface area contributed by atoms with Crippen LogP contribution in [0.1, 0.15) is 33.1 Å². The van der Waals surface area contributed by atoms with E-state index in [1.54, 1.807) is 0 Å². The smallest absolute Gasteiger partial charge is 0.0480 e. The number of aliphatic hydroxyl groups is 1. The standard InChI is InChI=1S/C11H23NO2/c1-11(2,6-7-13)12(3)10-4-8-14-9-5-10/h10,13H,4-9H2,1-3H3. The zero-order chi connectivity index (χ0) is 10.6. The first kappa shape index (κ1) is 12.0. The van der Waals surface area contributed by atoms with Gasteiger partial charge in [0.2, 0.25) is 0 Å². The highest BCUT2D eigenvalue weighted by atomic mass is 16.5. The summed E-state index contributed by atoms with van der Waals surface area (Å²) in [7, 11) is 2.16. The highest BCUT2D eigenvalue weighted by molar-refractivity contribution is 4.85. The summed E-state index contributed by atoms with van der Waals surface area (Å²) < 4.78 is 5.35. The molecule has 0 aliphatic carbocycles. The molecule has 3 heteroatoms. The Morgan fingerprint density at radius 2 is 1.93 bits per heavy atom. The van der Waals surface area contributed by atoms with Crippen molar-refractivity contribution in [2.24, 2.45) is 0 Å². The molecule has 1 aliphatic heterocycles. The van der Waals surface area contributed by atoms with Crippen LogP contribution in [-0.4, -0.2) is 48.5 Å². The molecule has 1 fully saturated rings. The third-order valence-corrected chi connectivity index (χ3v) is 3.42. The number of aliphatic hydroxyl groups excluding tert-OH is 1. The first-order valence-corrected chi connectivity index (χ1v) is 5.49. The average Bonchev–Trinajstić information content (AvgIpc) is 2.18. The lowest BCUT2D eigenvalue weighted by atomic mass is 9.94. The second-order valence-corrected chi connectivity index (χ2v) is 4.74. The Labute approximate surface area is 87.1 Å². The van der Waals surface area contributed by atoms with E-state index in [2.05, 4.69) is 25.8 Å². The van der Waals surface area contributed by atoms with E-state index in [1.165, 1.54) is 0 Å². The monoisotopic (exact) mass is 201 g/mol. The van der Waals surface area contributed by atoms with Crippen molar-refractivity contribution < 1.29 is 9.84 Å². The first-order valence-electron chi connectivity index (χ1n) is 5.49. The molecule has 14 heavy (non-hydrogen) atoms. The van der Waals surface area contributed by atoms with Gasteiger partial charge >= 0.3 is 0 Å². The molecule has 0 unspecified atom stereocenters. The van der Waals surface area contributed by atoms with Crippen LogP contribution in [0.25, 0.3) is 0 Å². The lowest BCUT2D eigenvalue weighted by molar-refractivity contribution is -0.000172. The maximum atomic E-state index is 9.00.